The van der Waals surface area contributed by atoms with Crippen molar-refractivity contribution in [2.24, 2.45) is 0 Å². The van der Waals surface area contributed by atoms with Crippen LogP contribution in [0.4, 0.5) is 5.95 Å². The number of hydrogen-bond acceptors (Lipinski definition) is 6. The van der Waals surface area contributed by atoms with Crippen LogP contribution in [0.2, 0.25) is 0 Å². The van der Waals surface area contributed by atoms with Crippen LogP contribution >= 0.6 is 0 Å². The molecule has 7 heteroatoms. The molecule has 0 radical (unpaired) electrons. The first-order valence-corrected chi connectivity index (χ1v) is 9.82. The van der Waals surface area contributed by atoms with Crippen LogP contribution in [0.1, 0.15) is 47.2 Å². The molecule has 3 N–H and O–H groups in total. The van der Waals surface area contributed by atoms with Gasteiger partial charge in [-0.1, -0.05) is 29.8 Å². The number of amides is 1. The SMILES string of the molecule is COc1nc(N)ncc1C(=O)NC1CC2CCC(C1)N2Cc1ccc(C)cc1. The number of carbonyl (C=O) groups excluding carboxylic acids is 1. The minimum atomic E-state index is -0.201. The van der Waals surface area contributed by atoms with Crippen LogP contribution in [0, 0.1) is 6.92 Å². The molecule has 1 aromatic heterocycles. The molecule has 2 atom stereocenters. The van der Waals surface area contributed by atoms with E-state index in [0.29, 0.717) is 17.6 Å². The fraction of sp³-hybridized carbons (Fsp3) is 0.476. The van der Waals surface area contributed by atoms with Crippen LogP contribution in [0.5, 0.6) is 5.88 Å². The van der Waals surface area contributed by atoms with Gasteiger partial charge in [0.25, 0.3) is 5.91 Å². The molecule has 2 saturated heterocycles. The summed E-state index contributed by atoms with van der Waals surface area (Å²) in [5.74, 6) is 0.105. The number of nitrogens with one attached hydrogen (secondary N) is 1. The summed E-state index contributed by atoms with van der Waals surface area (Å²) < 4.78 is 5.18. The summed E-state index contributed by atoms with van der Waals surface area (Å²) in [6.07, 6.45) is 5.74. The van der Waals surface area contributed by atoms with Crippen molar-refractivity contribution in [2.45, 2.75) is 57.3 Å². The van der Waals surface area contributed by atoms with Gasteiger partial charge in [0.05, 0.1) is 7.11 Å². The van der Waals surface area contributed by atoms with E-state index in [4.69, 9.17) is 10.5 Å². The predicted molar refractivity (Wildman–Crippen MR) is 107 cm³/mol. The Labute approximate surface area is 165 Å². The smallest absolute Gasteiger partial charge is 0.258 e. The Morgan fingerprint density at radius 2 is 1.93 bits per heavy atom. The number of ether oxygens (including phenoxy) is 1. The molecule has 2 aliphatic heterocycles. The van der Waals surface area contributed by atoms with Gasteiger partial charge in [-0.05, 0) is 38.2 Å². The maximum atomic E-state index is 12.7. The van der Waals surface area contributed by atoms with Crippen molar-refractivity contribution in [3.05, 3.63) is 47.2 Å². The molecule has 4 rings (SSSR count). The first-order chi connectivity index (χ1) is 13.5. The van der Waals surface area contributed by atoms with Gasteiger partial charge in [0.1, 0.15) is 5.56 Å². The fourth-order valence-electron chi connectivity index (χ4n) is 4.51. The average Bonchev–Trinajstić information content (AvgIpc) is 2.91. The first kappa shape index (κ1) is 18.7. The Morgan fingerprint density at radius 1 is 1.25 bits per heavy atom. The fourth-order valence-corrected chi connectivity index (χ4v) is 4.51. The number of hydrogen-bond donors (Lipinski definition) is 2. The quantitative estimate of drug-likeness (QED) is 0.825. The van der Waals surface area contributed by atoms with E-state index in [0.717, 1.165) is 19.4 Å². The number of benzene rings is 1. The van der Waals surface area contributed by atoms with Crippen molar-refractivity contribution < 1.29 is 9.53 Å². The summed E-state index contributed by atoms with van der Waals surface area (Å²) in [4.78, 5) is 23.2. The Hall–Kier alpha value is -2.67. The van der Waals surface area contributed by atoms with Crippen LogP contribution in [-0.4, -0.2) is 46.0 Å². The van der Waals surface area contributed by atoms with Gasteiger partial charge >= 0.3 is 0 Å². The van der Waals surface area contributed by atoms with E-state index in [9.17, 15) is 4.79 Å². The van der Waals surface area contributed by atoms with Gasteiger partial charge in [-0.2, -0.15) is 4.98 Å². The number of anilines is 1. The Balaban J connectivity index is 1.40. The van der Waals surface area contributed by atoms with Crippen LogP contribution in [0.15, 0.2) is 30.5 Å². The highest BCUT2D eigenvalue weighted by Crippen LogP contribution is 2.37. The van der Waals surface area contributed by atoms with Gasteiger partial charge in [-0.15, -0.1) is 0 Å². The minimum Gasteiger partial charge on any atom is -0.480 e. The monoisotopic (exact) mass is 381 g/mol. The lowest BCUT2D eigenvalue weighted by Gasteiger charge is -2.39. The van der Waals surface area contributed by atoms with Crippen LogP contribution < -0.4 is 15.8 Å². The molecule has 28 heavy (non-hydrogen) atoms. The third kappa shape index (κ3) is 3.80. The summed E-state index contributed by atoms with van der Waals surface area (Å²) >= 11 is 0. The van der Waals surface area contributed by atoms with Crippen LogP contribution in [-0.2, 0) is 6.54 Å². The molecular formula is C21H27N5O2. The average molecular weight is 381 g/mol. The van der Waals surface area contributed by atoms with Gasteiger partial charge in [0.2, 0.25) is 11.8 Å². The summed E-state index contributed by atoms with van der Waals surface area (Å²) in [6.45, 7) is 3.10. The second-order valence-corrected chi connectivity index (χ2v) is 7.84. The van der Waals surface area contributed by atoms with Gasteiger partial charge in [0, 0.05) is 30.9 Å². The van der Waals surface area contributed by atoms with E-state index < -0.39 is 0 Å². The number of carbonyl (C=O) groups is 1. The molecule has 3 heterocycles. The summed E-state index contributed by atoms with van der Waals surface area (Å²) in [7, 11) is 1.47. The number of nitrogen functional groups attached to an aromatic ring is 1. The second kappa shape index (κ2) is 7.75. The van der Waals surface area contributed by atoms with E-state index in [-0.39, 0.29) is 23.8 Å². The zero-order valence-electron chi connectivity index (χ0n) is 16.4. The molecular weight excluding hydrogens is 354 g/mol. The zero-order chi connectivity index (χ0) is 19.7. The van der Waals surface area contributed by atoms with Crippen molar-refractivity contribution in [2.75, 3.05) is 12.8 Å². The Morgan fingerprint density at radius 3 is 2.57 bits per heavy atom. The molecule has 7 nitrogen and oxygen atoms in total. The van der Waals surface area contributed by atoms with Crippen molar-refractivity contribution >= 4 is 11.9 Å². The lowest BCUT2D eigenvalue weighted by Crippen LogP contribution is -2.50. The molecule has 2 aliphatic rings. The summed E-state index contributed by atoms with van der Waals surface area (Å²) in [5, 5.41) is 3.16. The van der Waals surface area contributed by atoms with Gasteiger partial charge in [-0.25, -0.2) is 4.98 Å². The second-order valence-electron chi connectivity index (χ2n) is 7.84. The number of methoxy groups -OCH3 is 1. The van der Waals surface area contributed by atoms with Gasteiger partial charge < -0.3 is 15.8 Å². The zero-order valence-corrected chi connectivity index (χ0v) is 16.4. The molecule has 2 aromatic rings. The topological polar surface area (TPSA) is 93.4 Å². The van der Waals surface area contributed by atoms with E-state index in [2.05, 4.69) is 51.4 Å². The highest BCUT2D eigenvalue weighted by molar-refractivity contribution is 5.96. The Kier molecular flexibility index (Phi) is 5.17. The number of piperidine rings is 1. The lowest BCUT2D eigenvalue weighted by atomic mass is 9.96. The van der Waals surface area contributed by atoms with Gasteiger partial charge in [0.15, 0.2) is 0 Å². The molecule has 148 valence electrons. The molecule has 2 bridgehead atoms. The van der Waals surface area contributed by atoms with Crippen molar-refractivity contribution in [1.29, 1.82) is 0 Å². The first-order valence-electron chi connectivity index (χ1n) is 9.82. The van der Waals surface area contributed by atoms with Crippen molar-refractivity contribution in [3.8, 4) is 5.88 Å². The minimum absolute atomic E-state index is 0.0934. The third-order valence-corrected chi connectivity index (χ3v) is 5.92. The van der Waals surface area contributed by atoms with E-state index in [1.54, 1.807) is 0 Å². The molecule has 0 saturated carbocycles. The number of fused-ring (bicyclic) bond motifs is 2. The largest absolute Gasteiger partial charge is 0.480 e. The number of aromatic nitrogens is 2. The van der Waals surface area contributed by atoms with Crippen LogP contribution in [0.25, 0.3) is 0 Å². The molecule has 1 aromatic carbocycles. The molecule has 1 amide bonds. The normalized spacial score (nSPS) is 24.1. The maximum absolute atomic E-state index is 12.7. The van der Waals surface area contributed by atoms with Crippen molar-refractivity contribution in [1.82, 2.24) is 20.2 Å². The maximum Gasteiger partial charge on any atom is 0.258 e. The third-order valence-electron chi connectivity index (χ3n) is 5.92. The molecule has 0 aliphatic carbocycles. The van der Waals surface area contributed by atoms with Crippen LogP contribution in [0.3, 0.4) is 0 Å². The van der Waals surface area contributed by atoms with E-state index in [1.165, 1.54) is 37.3 Å². The lowest BCUT2D eigenvalue weighted by molar-refractivity contribution is 0.0824. The Bertz CT molecular complexity index is 840. The van der Waals surface area contributed by atoms with Gasteiger partial charge in [-0.3, -0.25) is 9.69 Å². The predicted octanol–water partition coefficient (Wildman–Crippen LogP) is 2.30. The number of aryl methyl sites for hydroxylation is 1. The van der Waals surface area contributed by atoms with Crippen molar-refractivity contribution in [3.63, 3.8) is 0 Å². The molecule has 0 spiro atoms. The van der Waals surface area contributed by atoms with E-state index >= 15 is 0 Å². The molecule has 2 unspecified atom stereocenters. The standard InChI is InChI=1S/C21H27N5O2/c1-13-3-5-14(6-4-13)12-26-16-7-8-17(26)10-15(9-16)24-19(27)18-11-23-21(22)25-20(18)28-2/h3-6,11,15-17H,7-10,12H2,1-2H3,(H,24,27)(H2,22,23,25). The summed E-state index contributed by atoms with van der Waals surface area (Å²) in [5.41, 5.74) is 8.55. The number of rotatable bonds is 5. The molecule has 2 fully saturated rings. The highest BCUT2D eigenvalue weighted by atomic mass is 16.5. The number of nitrogens with two attached hydrogens (primary N) is 1. The number of nitrogens with zero attached hydrogens (tertiary/aromatic N) is 3. The van der Waals surface area contributed by atoms with E-state index in [1.807, 2.05) is 0 Å². The highest BCUT2D eigenvalue weighted by Gasteiger charge is 2.41. The summed E-state index contributed by atoms with van der Waals surface area (Å²) in [6, 6.07) is 9.95.